The van der Waals surface area contributed by atoms with E-state index in [1.165, 1.54) is 62.6 Å². The Kier molecular flexibility index (Phi) is 6.90. The van der Waals surface area contributed by atoms with Crippen LogP contribution >= 0.6 is 22.7 Å². The topological polar surface area (TPSA) is 25.8 Å². The van der Waals surface area contributed by atoms with Gasteiger partial charge >= 0.3 is 0 Å². The van der Waals surface area contributed by atoms with Crippen molar-refractivity contribution in [2.45, 2.75) is 0 Å². The second kappa shape index (κ2) is 11.9. The molecule has 10 aromatic rings. The molecule has 0 aliphatic carbocycles. The van der Waals surface area contributed by atoms with Crippen LogP contribution in [0.5, 0.6) is 0 Å². The Bertz CT molecular complexity index is 2820. The molecular formula is C46H28N2S2. The molecule has 10 rings (SSSR count). The quantitative estimate of drug-likeness (QED) is 0.182. The first-order valence-corrected chi connectivity index (χ1v) is 18.4. The molecular weight excluding hydrogens is 645 g/mol. The molecule has 0 unspecified atom stereocenters. The molecule has 0 saturated carbocycles. The van der Waals surface area contributed by atoms with E-state index >= 15 is 0 Å². The second-order valence-corrected chi connectivity index (χ2v) is 14.8. The monoisotopic (exact) mass is 672 g/mol. The van der Waals surface area contributed by atoms with Gasteiger partial charge < -0.3 is 0 Å². The Hall–Kier alpha value is -5.94. The molecule has 0 aliphatic rings. The van der Waals surface area contributed by atoms with E-state index in [1.807, 2.05) is 22.7 Å². The number of nitrogens with zero attached hydrogens (tertiary/aromatic N) is 2. The van der Waals surface area contributed by atoms with E-state index in [-0.39, 0.29) is 0 Å². The highest BCUT2D eigenvalue weighted by atomic mass is 32.1. The summed E-state index contributed by atoms with van der Waals surface area (Å²) in [5, 5.41) is 6.34. The molecule has 234 valence electrons. The fraction of sp³-hybridized carbons (Fsp3) is 0. The average molecular weight is 673 g/mol. The highest BCUT2D eigenvalue weighted by Gasteiger charge is 2.14. The van der Waals surface area contributed by atoms with Gasteiger partial charge in [0.2, 0.25) is 0 Å². The molecule has 0 fully saturated rings. The summed E-state index contributed by atoms with van der Waals surface area (Å²) in [5.41, 5.74) is 8.58. The summed E-state index contributed by atoms with van der Waals surface area (Å²) in [6, 6.07) is 60.9. The molecule has 0 aliphatic heterocycles. The van der Waals surface area contributed by atoms with Crippen LogP contribution in [0.4, 0.5) is 0 Å². The Balaban J connectivity index is 1.08. The number of thiophene rings is 2. The third-order valence-corrected chi connectivity index (χ3v) is 11.8. The zero-order valence-electron chi connectivity index (χ0n) is 26.9. The van der Waals surface area contributed by atoms with Gasteiger partial charge in [0.05, 0.1) is 11.4 Å². The molecule has 4 heteroatoms. The van der Waals surface area contributed by atoms with Crippen molar-refractivity contribution in [1.82, 2.24) is 9.97 Å². The van der Waals surface area contributed by atoms with E-state index in [4.69, 9.17) is 9.97 Å². The van der Waals surface area contributed by atoms with Crippen molar-refractivity contribution in [3.8, 4) is 55.5 Å². The Labute approximate surface area is 297 Å². The minimum atomic E-state index is 0.726. The molecule has 0 radical (unpaired) electrons. The summed E-state index contributed by atoms with van der Waals surface area (Å²) < 4.78 is 3.84. The van der Waals surface area contributed by atoms with Gasteiger partial charge in [-0.05, 0) is 63.2 Å². The zero-order chi connectivity index (χ0) is 33.0. The van der Waals surface area contributed by atoms with Crippen molar-refractivity contribution in [3.63, 3.8) is 0 Å². The lowest BCUT2D eigenvalue weighted by molar-refractivity contribution is 1.18. The summed E-state index contributed by atoms with van der Waals surface area (Å²) in [5.74, 6) is 0.726. The number of hydrogen-bond donors (Lipinski definition) is 0. The Morgan fingerprint density at radius 3 is 1.68 bits per heavy atom. The second-order valence-electron chi connectivity index (χ2n) is 12.6. The first-order valence-electron chi connectivity index (χ1n) is 16.7. The minimum absolute atomic E-state index is 0.726. The van der Waals surface area contributed by atoms with Gasteiger partial charge in [-0.25, -0.2) is 9.97 Å². The van der Waals surface area contributed by atoms with E-state index in [9.17, 15) is 0 Å². The summed E-state index contributed by atoms with van der Waals surface area (Å²) in [6.45, 7) is 0. The van der Waals surface area contributed by atoms with Crippen LogP contribution in [0.15, 0.2) is 170 Å². The number of hydrogen-bond acceptors (Lipinski definition) is 4. The smallest absolute Gasteiger partial charge is 0.160 e. The molecule has 50 heavy (non-hydrogen) atoms. The largest absolute Gasteiger partial charge is 0.228 e. The molecule has 3 aromatic heterocycles. The van der Waals surface area contributed by atoms with Crippen molar-refractivity contribution in [1.29, 1.82) is 0 Å². The summed E-state index contributed by atoms with van der Waals surface area (Å²) in [4.78, 5) is 11.7. The summed E-state index contributed by atoms with van der Waals surface area (Å²) in [7, 11) is 0. The van der Waals surface area contributed by atoms with Gasteiger partial charge in [0.15, 0.2) is 5.82 Å². The van der Waals surface area contributed by atoms with Crippen molar-refractivity contribution < 1.29 is 0 Å². The highest BCUT2D eigenvalue weighted by molar-refractivity contribution is 7.25. The molecule has 0 saturated heterocycles. The van der Waals surface area contributed by atoms with Gasteiger partial charge in [-0.3, -0.25) is 0 Å². The molecule has 2 nitrogen and oxygen atoms in total. The fourth-order valence-corrected chi connectivity index (χ4v) is 9.18. The third-order valence-electron chi connectivity index (χ3n) is 9.54. The molecule has 0 atom stereocenters. The van der Waals surface area contributed by atoms with Crippen LogP contribution in [-0.4, -0.2) is 9.97 Å². The van der Waals surface area contributed by atoms with Crippen molar-refractivity contribution in [2.75, 3.05) is 0 Å². The van der Waals surface area contributed by atoms with Crippen molar-refractivity contribution >= 4 is 63.7 Å². The Morgan fingerprint density at radius 1 is 0.340 bits per heavy atom. The molecule has 0 amide bonds. The van der Waals surface area contributed by atoms with Crippen LogP contribution in [0.3, 0.4) is 0 Å². The van der Waals surface area contributed by atoms with Gasteiger partial charge in [0, 0.05) is 46.4 Å². The van der Waals surface area contributed by atoms with E-state index in [2.05, 4.69) is 170 Å². The first kappa shape index (κ1) is 29.0. The lowest BCUT2D eigenvalue weighted by atomic mass is 9.97. The lowest BCUT2D eigenvalue weighted by Crippen LogP contribution is -1.96. The number of fused-ring (bicyclic) bond motifs is 5. The van der Waals surface area contributed by atoms with Gasteiger partial charge in [0.25, 0.3) is 0 Å². The molecule has 7 aromatic carbocycles. The van der Waals surface area contributed by atoms with Gasteiger partial charge in [-0.2, -0.15) is 0 Å². The van der Waals surface area contributed by atoms with Gasteiger partial charge in [0.1, 0.15) is 0 Å². The van der Waals surface area contributed by atoms with Crippen LogP contribution in [0.1, 0.15) is 0 Å². The molecule has 0 N–H and O–H groups in total. The van der Waals surface area contributed by atoms with Crippen molar-refractivity contribution in [2.24, 2.45) is 0 Å². The van der Waals surface area contributed by atoms with Gasteiger partial charge in [-0.1, -0.05) is 140 Å². The van der Waals surface area contributed by atoms with Crippen LogP contribution in [0.25, 0.3) is 96.5 Å². The maximum atomic E-state index is 5.20. The zero-order valence-corrected chi connectivity index (χ0v) is 28.5. The fourth-order valence-electron chi connectivity index (χ4n) is 6.96. The van der Waals surface area contributed by atoms with Crippen LogP contribution < -0.4 is 0 Å². The predicted molar refractivity (Wildman–Crippen MR) is 215 cm³/mol. The van der Waals surface area contributed by atoms with Crippen molar-refractivity contribution in [3.05, 3.63) is 170 Å². The highest BCUT2D eigenvalue weighted by Crippen LogP contribution is 2.38. The minimum Gasteiger partial charge on any atom is -0.228 e. The van der Waals surface area contributed by atoms with Crippen LogP contribution in [0, 0.1) is 0 Å². The molecule has 0 bridgehead atoms. The van der Waals surface area contributed by atoms with E-state index in [0.29, 0.717) is 0 Å². The maximum absolute atomic E-state index is 5.20. The number of aromatic nitrogens is 2. The van der Waals surface area contributed by atoms with E-state index in [1.54, 1.807) is 0 Å². The SMILES string of the molecule is c1ccc2sc(-c3ccc(-c4cc(-c5ccc(-c6cccc7ccccc67)cc5)nc(-c5ccc6c(c5)sc5ccccc56)n4)cc3)cc2c1. The molecule has 0 spiro atoms. The summed E-state index contributed by atoms with van der Waals surface area (Å²) >= 11 is 3.65. The lowest BCUT2D eigenvalue weighted by Gasteiger charge is -2.11. The number of rotatable bonds is 5. The predicted octanol–water partition coefficient (Wildman–Crippen LogP) is 13.5. The first-order chi connectivity index (χ1) is 24.7. The van der Waals surface area contributed by atoms with Crippen LogP contribution in [-0.2, 0) is 0 Å². The normalized spacial score (nSPS) is 11.6. The summed E-state index contributed by atoms with van der Waals surface area (Å²) in [6.07, 6.45) is 0. The van der Waals surface area contributed by atoms with E-state index in [0.717, 1.165) is 33.9 Å². The van der Waals surface area contributed by atoms with E-state index < -0.39 is 0 Å². The number of benzene rings is 7. The standard InChI is InChI=1S/C46H28N2S2/c1-3-11-36-29(8-1)10-7-13-37(36)30-16-18-31(19-17-30)40-28-41(32-20-22-33(23-21-32)44-26-34-9-2-5-14-42(34)49-44)48-46(47-40)35-24-25-39-38-12-4-6-15-43(38)50-45(39)27-35/h1-28H. The third kappa shape index (κ3) is 5.09. The average Bonchev–Trinajstić information content (AvgIpc) is 3.79. The molecule has 3 heterocycles. The van der Waals surface area contributed by atoms with Crippen LogP contribution in [0.2, 0.25) is 0 Å². The van der Waals surface area contributed by atoms with Gasteiger partial charge in [-0.15, -0.1) is 22.7 Å². The Morgan fingerprint density at radius 2 is 0.920 bits per heavy atom. The maximum Gasteiger partial charge on any atom is 0.160 e.